The van der Waals surface area contributed by atoms with Gasteiger partial charge in [0.05, 0.1) is 0 Å². The predicted octanol–water partition coefficient (Wildman–Crippen LogP) is 14.4. The Kier molecular flexibility index (Phi) is 7.10. The second kappa shape index (κ2) is 11.4. The molecule has 0 fully saturated rings. The Morgan fingerprint density at radius 1 is 0.471 bits per heavy atom. The van der Waals surface area contributed by atoms with Crippen molar-refractivity contribution >= 4 is 43.1 Å². The van der Waals surface area contributed by atoms with Crippen molar-refractivity contribution in [3.8, 4) is 33.4 Å². The zero-order valence-electron chi connectivity index (χ0n) is 31.0. The first-order valence-electron chi connectivity index (χ1n) is 18.7. The molecule has 0 saturated carbocycles. The molecule has 8 aromatic rings. The van der Waals surface area contributed by atoms with E-state index in [1.165, 1.54) is 98.7 Å². The molecular weight excluding hydrogens is 613 g/mol. The Labute approximate surface area is 302 Å². The largest absolute Gasteiger partial charge is 0.0625 e. The molecule has 1 aliphatic carbocycles. The lowest BCUT2D eigenvalue weighted by atomic mass is 9.77. The molecule has 51 heavy (non-hydrogen) atoms. The molecule has 1 aliphatic rings. The summed E-state index contributed by atoms with van der Waals surface area (Å²) in [7, 11) is 0. The second-order valence-electron chi connectivity index (χ2n) is 16.8. The summed E-state index contributed by atoms with van der Waals surface area (Å²) in [6.07, 6.45) is 1.07. The van der Waals surface area contributed by atoms with E-state index < -0.39 is 0 Å². The van der Waals surface area contributed by atoms with Gasteiger partial charge in [0.25, 0.3) is 0 Å². The zero-order valence-corrected chi connectivity index (χ0v) is 31.0. The summed E-state index contributed by atoms with van der Waals surface area (Å²) in [4.78, 5) is 0. The van der Waals surface area contributed by atoms with Crippen LogP contribution >= 0.6 is 0 Å². The molecule has 0 spiro atoms. The minimum absolute atomic E-state index is 0.0163. The predicted molar refractivity (Wildman–Crippen MR) is 222 cm³/mol. The van der Waals surface area contributed by atoms with Crippen LogP contribution in [0.2, 0.25) is 0 Å². The Morgan fingerprint density at radius 3 is 1.20 bits per heavy atom. The van der Waals surface area contributed by atoms with Crippen LogP contribution in [-0.4, -0.2) is 0 Å². The third-order valence-corrected chi connectivity index (χ3v) is 11.6. The van der Waals surface area contributed by atoms with Gasteiger partial charge in [-0.3, -0.25) is 0 Å². The van der Waals surface area contributed by atoms with Crippen molar-refractivity contribution in [3.05, 3.63) is 156 Å². The molecule has 9 rings (SSSR count). The highest BCUT2D eigenvalue weighted by Crippen LogP contribution is 2.53. The van der Waals surface area contributed by atoms with Crippen molar-refractivity contribution in [3.63, 3.8) is 0 Å². The fraction of sp³-hybridized carbons (Fsp3) is 0.216. The maximum atomic E-state index is 2.51. The fourth-order valence-electron chi connectivity index (χ4n) is 9.45. The van der Waals surface area contributed by atoms with Crippen LogP contribution in [0, 0.1) is 5.92 Å². The van der Waals surface area contributed by atoms with Crippen molar-refractivity contribution in [1.29, 1.82) is 0 Å². The van der Waals surface area contributed by atoms with Gasteiger partial charge in [-0.2, -0.15) is 0 Å². The lowest BCUT2D eigenvalue weighted by molar-refractivity contribution is 0.601. The van der Waals surface area contributed by atoms with Crippen molar-refractivity contribution in [2.24, 2.45) is 5.92 Å². The SMILES string of the molecule is CC(C)Cc1c2ccccc2c(-c2ccc3c(c2)C(C)(C)c2cc(-c4c5ccccc5c(C(C)(C)C)c5ccccc45)ccc2-3)c2ccccc12. The number of rotatable bonds is 4. The summed E-state index contributed by atoms with van der Waals surface area (Å²) < 4.78 is 0. The Morgan fingerprint density at radius 2 is 0.824 bits per heavy atom. The van der Waals surface area contributed by atoms with Crippen LogP contribution in [0.4, 0.5) is 0 Å². The standard InChI is InChI=1S/C51H46/c1-31(2)28-44-34-16-8-10-18-38(34)47(39-19-11-9-17-35(39)44)32-24-26-36-37-27-25-33(30-46(37)51(6,7)45(36)29-32)48-40-20-12-14-22-42(40)49(50(3,4)5)43-23-15-13-21-41(43)48/h8-27,29-31H,28H2,1-7H3. The van der Waals surface area contributed by atoms with Crippen molar-refractivity contribution < 1.29 is 0 Å². The average molecular weight is 659 g/mol. The minimum atomic E-state index is -0.156. The molecule has 250 valence electrons. The van der Waals surface area contributed by atoms with E-state index >= 15 is 0 Å². The van der Waals surface area contributed by atoms with E-state index in [2.05, 4.69) is 182 Å². The second-order valence-corrected chi connectivity index (χ2v) is 16.8. The minimum Gasteiger partial charge on any atom is -0.0625 e. The molecule has 0 amide bonds. The topological polar surface area (TPSA) is 0 Å². The molecule has 0 bridgehead atoms. The van der Waals surface area contributed by atoms with Crippen LogP contribution in [0.3, 0.4) is 0 Å². The smallest absolute Gasteiger partial charge is 0.0159 e. The van der Waals surface area contributed by atoms with E-state index in [1.54, 1.807) is 0 Å². The van der Waals surface area contributed by atoms with Gasteiger partial charge in [0.2, 0.25) is 0 Å². The van der Waals surface area contributed by atoms with Crippen molar-refractivity contribution in [1.82, 2.24) is 0 Å². The summed E-state index contributed by atoms with van der Waals surface area (Å²) in [5.41, 5.74) is 13.6. The van der Waals surface area contributed by atoms with Gasteiger partial charge in [-0.25, -0.2) is 0 Å². The van der Waals surface area contributed by atoms with Crippen LogP contribution in [0.1, 0.15) is 70.7 Å². The molecule has 0 heteroatoms. The maximum Gasteiger partial charge on any atom is 0.0159 e. The van der Waals surface area contributed by atoms with Gasteiger partial charge in [-0.1, -0.05) is 170 Å². The highest BCUT2D eigenvalue weighted by Gasteiger charge is 2.36. The molecule has 0 atom stereocenters. The van der Waals surface area contributed by atoms with Gasteiger partial charge < -0.3 is 0 Å². The molecule has 0 saturated heterocycles. The summed E-state index contributed by atoms with van der Waals surface area (Å²) in [6, 6.07) is 50.8. The van der Waals surface area contributed by atoms with Crippen molar-refractivity contribution in [2.45, 2.75) is 65.7 Å². The third-order valence-electron chi connectivity index (χ3n) is 11.6. The Hall–Kier alpha value is -5.20. The summed E-state index contributed by atoms with van der Waals surface area (Å²) >= 11 is 0. The zero-order chi connectivity index (χ0) is 35.2. The molecular formula is C51H46. The Bertz CT molecular complexity index is 2580. The normalized spacial score (nSPS) is 13.8. The van der Waals surface area contributed by atoms with Crippen LogP contribution in [0.5, 0.6) is 0 Å². The highest BCUT2D eigenvalue weighted by atomic mass is 14.4. The summed E-state index contributed by atoms with van der Waals surface area (Å²) in [5, 5.41) is 10.8. The van der Waals surface area contributed by atoms with E-state index in [-0.39, 0.29) is 10.8 Å². The fourth-order valence-corrected chi connectivity index (χ4v) is 9.45. The molecule has 0 radical (unpaired) electrons. The van der Waals surface area contributed by atoms with E-state index in [4.69, 9.17) is 0 Å². The van der Waals surface area contributed by atoms with E-state index in [0.717, 1.165) is 6.42 Å². The van der Waals surface area contributed by atoms with Gasteiger partial charge in [-0.15, -0.1) is 0 Å². The first-order valence-corrected chi connectivity index (χ1v) is 18.7. The van der Waals surface area contributed by atoms with Crippen LogP contribution in [-0.2, 0) is 17.3 Å². The van der Waals surface area contributed by atoms with Gasteiger partial charge in [0.15, 0.2) is 0 Å². The number of fused-ring (bicyclic) bond motifs is 7. The molecule has 0 unspecified atom stereocenters. The molecule has 0 aliphatic heterocycles. The molecule has 8 aromatic carbocycles. The Balaban J connectivity index is 1.24. The first kappa shape index (κ1) is 31.8. The van der Waals surface area contributed by atoms with Gasteiger partial charge in [0, 0.05) is 5.41 Å². The quantitative estimate of drug-likeness (QED) is 0.165. The summed E-state index contributed by atoms with van der Waals surface area (Å²) in [6.45, 7) is 16.5. The highest BCUT2D eigenvalue weighted by molar-refractivity contribution is 6.17. The van der Waals surface area contributed by atoms with Crippen LogP contribution < -0.4 is 0 Å². The van der Waals surface area contributed by atoms with Gasteiger partial charge in [0.1, 0.15) is 0 Å². The molecule has 0 aromatic heterocycles. The van der Waals surface area contributed by atoms with Gasteiger partial charge >= 0.3 is 0 Å². The maximum absolute atomic E-state index is 2.51. The monoisotopic (exact) mass is 658 g/mol. The number of benzene rings is 8. The lowest BCUT2D eigenvalue weighted by Gasteiger charge is -2.27. The molecule has 0 N–H and O–H groups in total. The number of hydrogen-bond donors (Lipinski definition) is 0. The molecule has 0 heterocycles. The molecule has 0 nitrogen and oxygen atoms in total. The lowest BCUT2D eigenvalue weighted by Crippen LogP contribution is -2.15. The third kappa shape index (κ3) is 4.80. The average Bonchev–Trinajstić information content (AvgIpc) is 3.34. The van der Waals surface area contributed by atoms with E-state index in [9.17, 15) is 0 Å². The van der Waals surface area contributed by atoms with Crippen LogP contribution in [0.15, 0.2) is 133 Å². The van der Waals surface area contributed by atoms with E-state index in [1.807, 2.05) is 0 Å². The first-order chi connectivity index (χ1) is 24.5. The van der Waals surface area contributed by atoms with Crippen LogP contribution in [0.25, 0.3) is 76.5 Å². The van der Waals surface area contributed by atoms with E-state index in [0.29, 0.717) is 5.92 Å². The summed E-state index contributed by atoms with van der Waals surface area (Å²) in [5.74, 6) is 0.583. The van der Waals surface area contributed by atoms with Crippen molar-refractivity contribution in [2.75, 3.05) is 0 Å². The van der Waals surface area contributed by atoms with Gasteiger partial charge in [-0.05, 0) is 129 Å². The number of hydrogen-bond acceptors (Lipinski definition) is 0.